The number of carbonyl (C=O) groups is 4. The lowest BCUT2D eigenvalue weighted by atomic mass is 9.45. The number of nitrogens with zero attached hydrogens (tertiary/aromatic N) is 3. The van der Waals surface area contributed by atoms with Crippen LogP contribution in [0.15, 0.2) is 30.5 Å². The lowest BCUT2D eigenvalue weighted by Gasteiger charge is -2.58. The average Bonchev–Trinajstić information content (AvgIpc) is 3.29. The number of carboxylic acids is 1. The Kier molecular flexibility index (Phi) is 5.97. The minimum atomic E-state index is -0.784. The van der Waals surface area contributed by atoms with Gasteiger partial charge < -0.3 is 25.8 Å². The van der Waals surface area contributed by atoms with E-state index >= 15 is 0 Å². The Morgan fingerprint density at radius 1 is 1.20 bits per heavy atom. The van der Waals surface area contributed by atoms with E-state index in [-0.39, 0.29) is 47.4 Å². The van der Waals surface area contributed by atoms with Crippen LogP contribution in [0.2, 0.25) is 0 Å². The van der Waals surface area contributed by atoms with Gasteiger partial charge in [-0.2, -0.15) is 5.10 Å². The Morgan fingerprint density at radius 3 is 2.73 bits per heavy atom. The molecule has 0 saturated heterocycles. The summed E-state index contributed by atoms with van der Waals surface area (Å²) in [6.45, 7) is 2.36. The third kappa shape index (κ3) is 4.31. The van der Waals surface area contributed by atoms with Crippen LogP contribution in [0.3, 0.4) is 0 Å². The highest BCUT2D eigenvalue weighted by molar-refractivity contribution is 5.98. The Labute approximate surface area is 227 Å². The number of ether oxygens (including phenoxy) is 1. The van der Waals surface area contributed by atoms with Gasteiger partial charge in [-0.3, -0.25) is 19.2 Å². The van der Waals surface area contributed by atoms with Crippen LogP contribution < -0.4 is 20.7 Å². The number of aliphatic carboxylic acids is 1. The molecular formula is C27H27FN6O6. The van der Waals surface area contributed by atoms with Crippen molar-refractivity contribution < 1.29 is 33.4 Å². The normalized spacial score (nSPS) is 24.8. The monoisotopic (exact) mass is 550 g/mol. The summed E-state index contributed by atoms with van der Waals surface area (Å²) in [4.78, 5) is 53.6. The maximum atomic E-state index is 14.5. The fourth-order valence-corrected chi connectivity index (χ4v) is 5.92. The first-order valence-corrected chi connectivity index (χ1v) is 13.0. The topological polar surface area (TPSA) is 164 Å². The molecule has 3 amide bonds. The second-order valence-corrected chi connectivity index (χ2v) is 11.1. The second kappa shape index (κ2) is 9.28. The number of hydrogen-bond acceptors (Lipinski definition) is 7. The second-order valence-electron chi connectivity index (χ2n) is 11.1. The summed E-state index contributed by atoms with van der Waals surface area (Å²) in [6.07, 6.45) is 3.33. The lowest BCUT2D eigenvalue weighted by molar-refractivity contribution is -0.174. The summed E-state index contributed by atoms with van der Waals surface area (Å²) in [7, 11) is 0. The van der Waals surface area contributed by atoms with Crippen molar-refractivity contribution in [2.24, 2.45) is 16.7 Å². The SMILES string of the molecule is CC1(CNC(=O)c2cc(C(=O)NCc3ccc4c(c3)NC(=O)CO4)nc3c(F)cnn23)CCC2(C(=O)O)CC1C2. The fraction of sp³-hybridized carbons (Fsp3) is 0.407. The van der Waals surface area contributed by atoms with Crippen LogP contribution in [-0.2, 0) is 16.1 Å². The van der Waals surface area contributed by atoms with Crippen LogP contribution in [-0.4, -0.2) is 56.5 Å². The van der Waals surface area contributed by atoms with E-state index in [0.29, 0.717) is 49.2 Å². The van der Waals surface area contributed by atoms with Gasteiger partial charge in [0.25, 0.3) is 17.7 Å². The first-order valence-electron chi connectivity index (χ1n) is 13.0. The van der Waals surface area contributed by atoms with Crippen molar-refractivity contribution in [3.8, 4) is 5.75 Å². The molecule has 2 bridgehead atoms. The molecule has 208 valence electrons. The van der Waals surface area contributed by atoms with Gasteiger partial charge in [-0.05, 0) is 54.7 Å². The molecular weight excluding hydrogens is 523 g/mol. The molecule has 3 aliphatic carbocycles. The summed E-state index contributed by atoms with van der Waals surface area (Å²) >= 11 is 0. The highest BCUT2D eigenvalue weighted by Gasteiger charge is 2.60. The van der Waals surface area contributed by atoms with Gasteiger partial charge in [0.05, 0.1) is 17.3 Å². The molecule has 3 saturated carbocycles. The average molecular weight is 551 g/mol. The summed E-state index contributed by atoms with van der Waals surface area (Å²) < 4.78 is 20.9. The first-order chi connectivity index (χ1) is 19.1. The zero-order valence-corrected chi connectivity index (χ0v) is 21.6. The number of nitrogens with one attached hydrogen (secondary N) is 3. The summed E-state index contributed by atoms with van der Waals surface area (Å²) in [5.41, 5.74) is -0.224. The van der Waals surface area contributed by atoms with Crippen molar-refractivity contribution in [3.63, 3.8) is 0 Å². The van der Waals surface area contributed by atoms with E-state index in [1.165, 1.54) is 6.07 Å². The quantitative estimate of drug-likeness (QED) is 0.348. The van der Waals surface area contributed by atoms with Gasteiger partial charge >= 0.3 is 5.97 Å². The number of carboxylic acid groups (broad SMARTS) is 1. The first kappa shape index (κ1) is 25.7. The van der Waals surface area contributed by atoms with E-state index < -0.39 is 29.0 Å². The van der Waals surface area contributed by atoms with Gasteiger partial charge in [-0.1, -0.05) is 13.0 Å². The lowest BCUT2D eigenvalue weighted by Crippen LogP contribution is -2.57. The third-order valence-electron chi connectivity index (χ3n) is 8.56. The minimum absolute atomic E-state index is 0.0550. The molecule has 7 rings (SSSR count). The van der Waals surface area contributed by atoms with Gasteiger partial charge in [0.15, 0.2) is 18.1 Å². The Bertz CT molecular complexity index is 1580. The molecule has 0 spiro atoms. The third-order valence-corrected chi connectivity index (χ3v) is 8.56. The molecule has 1 atom stereocenters. The molecule has 3 aromatic rings. The Balaban J connectivity index is 1.17. The molecule has 12 nitrogen and oxygen atoms in total. The number of fused-ring (bicyclic) bond motifs is 4. The number of carbonyl (C=O) groups excluding carboxylic acids is 3. The summed E-state index contributed by atoms with van der Waals surface area (Å²) in [6, 6.07) is 6.35. The van der Waals surface area contributed by atoms with Crippen LogP contribution in [0.25, 0.3) is 5.65 Å². The van der Waals surface area contributed by atoms with E-state index in [1.54, 1.807) is 18.2 Å². The van der Waals surface area contributed by atoms with Crippen LogP contribution in [0, 0.1) is 22.6 Å². The highest BCUT2D eigenvalue weighted by atomic mass is 19.1. The van der Waals surface area contributed by atoms with Gasteiger partial charge in [-0.25, -0.2) is 13.9 Å². The molecule has 3 heterocycles. The molecule has 3 fully saturated rings. The van der Waals surface area contributed by atoms with Crippen LogP contribution in [0.1, 0.15) is 59.1 Å². The molecule has 40 heavy (non-hydrogen) atoms. The largest absolute Gasteiger partial charge is 0.482 e. The summed E-state index contributed by atoms with van der Waals surface area (Å²) in [5, 5.41) is 21.7. The van der Waals surface area contributed by atoms with E-state index in [4.69, 9.17) is 4.74 Å². The Hall–Kier alpha value is -4.55. The standard InChI is InChI=1S/C27H27FN6O6/c1-26(4-5-27(25(38)39)8-15(26)9-27)13-30-24(37)19-7-18(33-22-16(28)11-31-34(19)22)23(36)29-10-14-2-3-20-17(6-14)32-21(35)12-40-20/h2-3,6-7,11,15H,4-5,8-10,12-13H2,1H3,(H,29,36)(H,30,37)(H,32,35)(H,38,39). The molecule has 4 N–H and O–H groups in total. The maximum absolute atomic E-state index is 14.5. The van der Waals surface area contributed by atoms with Crippen molar-refractivity contribution in [2.45, 2.75) is 39.2 Å². The van der Waals surface area contributed by atoms with E-state index in [1.807, 2.05) is 6.92 Å². The van der Waals surface area contributed by atoms with Crippen molar-refractivity contribution in [3.05, 3.63) is 53.2 Å². The Morgan fingerprint density at radius 2 is 2.00 bits per heavy atom. The van der Waals surface area contributed by atoms with Crippen molar-refractivity contribution in [1.82, 2.24) is 25.2 Å². The van der Waals surface area contributed by atoms with Crippen LogP contribution in [0.5, 0.6) is 5.75 Å². The number of aromatic nitrogens is 3. The van der Waals surface area contributed by atoms with Crippen molar-refractivity contribution >= 4 is 35.0 Å². The molecule has 2 aromatic heterocycles. The number of benzene rings is 1. The number of rotatable bonds is 7. The molecule has 4 aliphatic rings. The smallest absolute Gasteiger partial charge is 0.309 e. The minimum Gasteiger partial charge on any atom is -0.482 e. The van der Waals surface area contributed by atoms with Crippen molar-refractivity contribution in [1.29, 1.82) is 0 Å². The molecule has 1 aliphatic heterocycles. The summed E-state index contributed by atoms with van der Waals surface area (Å²) in [5.74, 6) is -2.30. The van der Waals surface area contributed by atoms with E-state index in [2.05, 4.69) is 26.0 Å². The predicted molar refractivity (Wildman–Crippen MR) is 137 cm³/mol. The zero-order valence-electron chi connectivity index (χ0n) is 21.6. The molecule has 1 unspecified atom stereocenters. The number of hydrogen-bond donors (Lipinski definition) is 4. The molecule has 1 aromatic carbocycles. The zero-order chi connectivity index (χ0) is 28.2. The van der Waals surface area contributed by atoms with Gasteiger partial charge in [-0.15, -0.1) is 0 Å². The fourth-order valence-electron chi connectivity index (χ4n) is 5.92. The van der Waals surface area contributed by atoms with Gasteiger partial charge in [0.1, 0.15) is 17.1 Å². The van der Waals surface area contributed by atoms with E-state index in [9.17, 15) is 28.7 Å². The number of amides is 3. The van der Waals surface area contributed by atoms with E-state index in [0.717, 1.165) is 10.7 Å². The molecule has 0 radical (unpaired) electrons. The predicted octanol–water partition coefficient (Wildman–Crippen LogP) is 2.14. The molecule has 13 heteroatoms. The van der Waals surface area contributed by atoms with Crippen LogP contribution in [0.4, 0.5) is 10.1 Å². The van der Waals surface area contributed by atoms with Gasteiger partial charge in [0.2, 0.25) is 0 Å². The number of anilines is 1. The number of halogens is 1. The van der Waals surface area contributed by atoms with Crippen LogP contribution >= 0.6 is 0 Å². The maximum Gasteiger partial charge on any atom is 0.309 e. The van der Waals surface area contributed by atoms with Gasteiger partial charge in [0, 0.05) is 19.2 Å². The highest BCUT2D eigenvalue weighted by Crippen LogP contribution is 2.62. The van der Waals surface area contributed by atoms with Crippen molar-refractivity contribution in [2.75, 3.05) is 18.5 Å².